The van der Waals surface area contributed by atoms with Crippen molar-refractivity contribution in [3.63, 3.8) is 0 Å². The van der Waals surface area contributed by atoms with Crippen molar-refractivity contribution in [2.45, 2.75) is 39.2 Å². The molecule has 0 bridgehead atoms. The fraction of sp³-hybridized carbons (Fsp3) is 0.818. The summed E-state index contributed by atoms with van der Waals surface area (Å²) in [5, 5.41) is 4.36. The summed E-state index contributed by atoms with van der Waals surface area (Å²) in [6, 6.07) is 0.669. The van der Waals surface area contributed by atoms with Crippen LogP contribution in [-0.2, 0) is 0 Å². The number of anilines is 1. The molecule has 2 rings (SSSR count). The summed E-state index contributed by atoms with van der Waals surface area (Å²) >= 11 is 1.46. The summed E-state index contributed by atoms with van der Waals surface area (Å²) in [6.07, 6.45) is 4.01. The number of likely N-dealkylation sites (N-methyl/N-ethyl adjacent to an activating group) is 1. The molecule has 0 amide bonds. The van der Waals surface area contributed by atoms with Crippen LogP contribution < -0.4 is 5.32 Å². The average molecular weight is 240 g/mol. The zero-order chi connectivity index (χ0) is 11.4. The molecular formula is C11H20N4S. The van der Waals surface area contributed by atoms with E-state index in [1.54, 1.807) is 0 Å². The third-order valence-corrected chi connectivity index (χ3v) is 3.94. The van der Waals surface area contributed by atoms with Gasteiger partial charge in [-0.2, -0.15) is 4.37 Å². The Kier molecular flexibility index (Phi) is 4.12. The fourth-order valence-corrected chi connectivity index (χ4v) is 2.86. The van der Waals surface area contributed by atoms with E-state index in [9.17, 15) is 0 Å². The van der Waals surface area contributed by atoms with Gasteiger partial charge in [0.15, 0.2) is 0 Å². The molecule has 1 N–H and O–H groups in total. The van der Waals surface area contributed by atoms with Gasteiger partial charge < -0.3 is 5.32 Å². The standard InChI is InChI=1S/C11H20N4S/c1-3-15-7-5-4-6-10(15)8-12-11-13-9(2)14-16-11/h10H,3-8H2,1-2H3,(H,12,13,14)/t10-/m1/s1. The molecule has 1 aromatic rings. The number of piperidine rings is 1. The van der Waals surface area contributed by atoms with E-state index in [1.165, 1.54) is 37.3 Å². The van der Waals surface area contributed by atoms with Gasteiger partial charge in [0.1, 0.15) is 5.82 Å². The lowest BCUT2D eigenvalue weighted by Crippen LogP contribution is -2.43. The van der Waals surface area contributed by atoms with Gasteiger partial charge in [0.2, 0.25) is 5.13 Å². The van der Waals surface area contributed by atoms with Gasteiger partial charge in [0.25, 0.3) is 0 Å². The quantitative estimate of drug-likeness (QED) is 0.875. The number of aryl methyl sites for hydroxylation is 1. The van der Waals surface area contributed by atoms with Gasteiger partial charge in [0.05, 0.1) is 0 Å². The van der Waals surface area contributed by atoms with Gasteiger partial charge in [-0.1, -0.05) is 13.3 Å². The molecule has 5 heteroatoms. The van der Waals surface area contributed by atoms with Gasteiger partial charge >= 0.3 is 0 Å². The normalized spacial score (nSPS) is 22.2. The van der Waals surface area contributed by atoms with Crippen molar-refractivity contribution in [2.75, 3.05) is 25.0 Å². The molecule has 0 aliphatic carbocycles. The first-order valence-electron chi connectivity index (χ1n) is 6.08. The van der Waals surface area contributed by atoms with Gasteiger partial charge in [-0.05, 0) is 32.9 Å². The molecule has 90 valence electrons. The molecule has 0 unspecified atom stereocenters. The van der Waals surface area contributed by atoms with Crippen molar-refractivity contribution in [3.05, 3.63) is 5.82 Å². The summed E-state index contributed by atoms with van der Waals surface area (Å²) in [6.45, 7) is 7.58. The Labute approximate surface area is 101 Å². The molecule has 1 saturated heterocycles. The monoisotopic (exact) mass is 240 g/mol. The number of nitrogens with one attached hydrogen (secondary N) is 1. The molecule has 0 aromatic carbocycles. The Hall–Kier alpha value is -0.680. The highest BCUT2D eigenvalue weighted by Crippen LogP contribution is 2.18. The first-order chi connectivity index (χ1) is 7.79. The van der Waals surface area contributed by atoms with Crippen molar-refractivity contribution < 1.29 is 0 Å². The van der Waals surface area contributed by atoms with Crippen LogP contribution in [0.25, 0.3) is 0 Å². The van der Waals surface area contributed by atoms with Crippen LogP contribution in [0.15, 0.2) is 0 Å². The maximum absolute atomic E-state index is 4.32. The lowest BCUT2D eigenvalue weighted by molar-refractivity contribution is 0.164. The van der Waals surface area contributed by atoms with E-state index in [0.717, 1.165) is 24.0 Å². The predicted octanol–water partition coefficient (Wildman–Crippen LogP) is 2.13. The molecular weight excluding hydrogens is 220 g/mol. The summed E-state index contributed by atoms with van der Waals surface area (Å²) in [5.74, 6) is 0.864. The van der Waals surface area contributed by atoms with Crippen LogP contribution in [0.3, 0.4) is 0 Å². The number of rotatable bonds is 4. The number of likely N-dealkylation sites (tertiary alicyclic amines) is 1. The van der Waals surface area contributed by atoms with Gasteiger partial charge in [-0.3, -0.25) is 4.90 Å². The SMILES string of the molecule is CCN1CCCC[C@@H]1CNc1nc(C)ns1. The molecule has 1 aliphatic heterocycles. The summed E-state index contributed by atoms with van der Waals surface area (Å²) in [7, 11) is 0. The number of hydrogen-bond donors (Lipinski definition) is 1. The van der Waals surface area contributed by atoms with Crippen LogP contribution in [-0.4, -0.2) is 39.9 Å². The van der Waals surface area contributed by atoms with E-state index in [-0.39, 0.29) is 0 Å². The van der Waals surface area contributed by atoms with Crippen LogP contribution in [0, 0.1) is 6.92 Å². The zero-order valence-corrected chi connectivity index (χ0v) is 10.9. The molecule has 1 fully saturated rings. The van der Waals surface area contributed by atoms with Gasteiger partial charge in [0, 0.05) is 24.1 Å². The maximum Gasteiger partial charge on any atom is 0.202 e. The van der Waals surface area contributed by atoms with Crippen molar-refractivity contribution in [2.24, 2.45) is 0 Å². The lowest BCUT2D eigenvalue weighted by atomic mass is 10.0. The van der Waals surface area contributed by atoms with Crippen molar-refractivity contribution in [1.29, 1.82) is 0 Å². The summed E-state index contributed by atoms with van der Waals surface area (Å²) in [4.78, 5) is 6.88. The van der Waals surface area contributed by atoms with E-state index < -0.39 is 0 Å². The number of hydrogen-bond acceptors (Lipinski definition) is 5. The molecule has 1 atom stereocenters. The van der Waals surface area contributed by atoms with E-state index in [0.29, 0.717) is 6.04 Å². The summed E-state index contributed by atoms with van der Waals surface area (Å²) < 4.78 is 4.17. The molecule has 16 heavy (non-hydrogen) atoms. The minimum absolute atomic E-state index is 0.669. The van der Waals surface area contributed by atoms with E-state index in [1.807, 2.05) is 6.92 Å². The Morgan fingerprint density at radius 3 is 3.06 bits per heavy atom. The number of aromatic nitrogens is 2. The fourth-order valence-electron chi connectivity index (χ4n) is 2.28. The molecule has 0 spiro atoms. The predicted molar refractivity (Wildman–Crippen MR) is 68.0 cm³/mol. The first kappa shape index (κ1) is 11.8. The molecule has 1 aliphatic rings. The lowest BCUT2D eigenvalue weighted by Gasteiger charge is -2.34. The van der Waals surface area contributed by atoms with Gasteiger partial charge in [-0.15, -0.1) is 0 Å². The second kappa shape index (κ2) is 5.59. The van der Waals surface area contributed by atoms with Crippen LogP contribution in [0.2, 0.25) is 0 Å². The topological polar surface area (TPSA) is 41.0 Å². The highest BCUT2D eigenvalue weighted by atomic mass is 32.1. The summed E-state index contributed by atoms with van der Waals surface area (Å²) in [5.41, 5.74) is 0. The molecule has 4 nitrogen and oxygen atoms in total. The Balaban J connectivity index is 1.84. The molecule has 0 radical (unpaired) electrons. The molecule has 2 heterocycles. The van der Waals surface area contributed by atoms with Crippen LogP contribution >= 0.6 is 11.5 Å². The van der Waals surface area contributed by atoms with Crippen molar-refractivity contribution >= 4 is 16.7 Å². The maximum atomic E-state index is 4.32. The Bertz CT molecular complexity index is 326. The highest BCUT2D eigenvalue weighted by Gasteiger charge is 2.20. The van der Waals surface area contributed by atoms with E-state index in [2.05, 4.69) is 26.5 Å². The van der Waals surface area contributed by atoms with Crippen LogP contribution in [0.5, 0.6) is 0 Å². The zero-order valence-electron chi connectivity index (χ0n) is 10.1. The minimum Gasteiger partial charge on any atom is -0.359 e. The van der Waals surface area contributed by atoms with Crippen LogP contribution in [0.1, 0.15) is 32.0 Å². The van der Waals surface area contributed by atoms with Crippen molar-refractivity contribution in [1.82, 2.24) is 14.3 Å². The van der Waals surface area contributed by atoms with Crippen molar-refractivity contribution in [3.8, 4) is 0 Å². The first-order valence-corrected chi connectivity index (χ1v) is 6.85. The second-order valence-corrected chi connectivity index (χ2v) is 5.06. The van der Waals surface area contributed by atoms with Crippen LogP contribution in [0.4, 0.5) is 5.13 Å². The smallest absolute Gasteiger partial charge is 0.202 e. The second-order valence-electron chi connectivity index (χ2n) is 4.31. The van der Waals surface area contributed by atoms with E-state index >= 15 is 0 Å². The minimum atomic E-state index is 0.669. The third kappa shape index (κ3) is 2.92. The third-order valence-electron chi connectivity index (χ3n) is 3.17. The van der Waals surface area contributed by atoms with Gasteiger partial charge in [-0.25, -0.2) is 4.98 Å². The van der Waals surface area contributed by atoms with E-state index in [4.69, 9.17) is 0 Å². The highest BCUT2D eigenvalue weighted by molar-refractivity contribution is 7.09. The Morgan fingerprint density at radius 1 is 1.50 bits per heavy atom. The largest absolute Gasteiger partial charge is 0.359 e. The molecule has 0 saturated carbocycles. The molecule has 1 aromatic heterocycles. The number of nitrogens with zero attached hydrogens (tertiary/aromatic N) is 3. The average Bonchev–Trinajstić information content (AvgIpc) is 2.73. The Morgan fingerprint density at radius 2 is 2.38 bits per heavy atom.